The number of aromatic amines is 1. The van der Waals surface area contributed by atoms with Gasteiger partial charge < -0.3 is 0 Å². The minimum atomic E-state index is -0.497. The SMILES string of the molecule is CCC1=NC2(CCCC2)C(=O)N1Cc1ccc(-c2cc(-c3ccccc3)ccc2-c2nn[nH]n2)cc1. The van der Waals surface area contributed by atoms with Crippen LogP contribution in [0.15, 0.2) is 77.8 Å². The summed E-state index contributed by atoms with van der Waals surface area (Å²) >= 11 is 0. The highest BCUT2D eigenvalue weighted by Gasteiger charge is 2.49. The zero-order valence-electron chi connectivity index (χ0n) is 20.3. The lowest BCUT2D eigenvalue weighted by Crippen LogP contribution is -2.40. The maximum Gasteiger partial charge on any atom is 0.256 e. The van der Waals surface area contributed by atoms with E-state index in [-0.39, 0.29) is 5.91 Å². The van der Waals surface area contributed by atoms with Gasteiger partial charge in [-0.3, -0.25) is 14.7 Å². The molecule has 0 unspecified atom stereocenters. The summed E-state index contributed by atoms with van der Waals surface area (Å²) in [6, 6.07) is 25.0. The number of aromatic nitrogens is 4. The first-order valence-electron chi connectivity index (χ1n) is 12.6. The summed E-state index contributed by atoms with van der Waals surface area (Å²) in [5.41, 5.74) is 5.86. The molecule has 1 aliphatic carbocycles. The summed E-state index contributed by atoms with van der Waals surface area (Å²) in [7, 11) is 0. The molecule has 0 bridgehead atoms. The third-order valence-corrected chi connectivity index (χ3v) is 7.36. The number of nitrogens with one attached hydrogen (secondary N) is 1. The number of hydrogen-bond acceptors (Lipinski definition) is 5. The Morgan fingerprint density at radius 2 is 1.64 bits per heavy atom. The highest BCUT2D eigenvalue weighted by Crippen LogP contribution is 2.40. The van der Waals surface area contributed by atoms with Crippen molar-refractivity contribution >= 4 is 11.7 Å². The third kappa shape index (κ3) is 3.90. The summed E-state index contributed by atoms with van der Waals surface area (Å²) < 4.78 is 0. The molecule has 2 aliphatic rings. The van der Waals surface area contributed by atoms with E-state index in [2.05, 4.69) is 76.1 Å². The molecule has 1 N–H and O–H groups in total. The van der Waals surface area contributed by atoms with E-state index in [9.17, 15) is 4.79 Å². The second-order valence-electron chi connectivity index (χ2n) is 9.57. The lowest BCUT2D eigenvalue weighted by molar-refractivity contribution is -0.131. The van der Waals surface area contributed by atoms with Gasteiger partial charge in [-0.15, -0.1) is 10.2 Å². The Balaban J connectivity index is 1.32. The van der Waals surface area contributed by atoms with Crippen LogP contribution in [0.4, 0.5) is 0 Å². The van der Waals surface area contributed by atoms with Crippen molar-refractivity contribution in [3.05, 3.63) is 78.4 Å². The molecule has 1 amide bonds. The largest absolute Gasteiger partial charge is 0.294 e. The summed E-state index contributed by atoms with van der Waals surface area (Å²) in [5.74, 6) is 1.65. The molecule has 1 saturated carbocycles. The van der Waals surface area contributed by atoms with E-state index in [0.29, 0.717) is 12.4 Å². The number of benzene rings is 3. The molecule has 7 heteroatoms. The van der Waals surface area contributed by atoms with Crippen LogP contribution < -0.4 is 0 Å². The average molecular weight is 477 g/mol. The van der Waals surface area contributed by atoms with Crippen molar-refractivity contribution in [2.75, 3.05) is 0 Å². The summed E-state index contributed by atoms with van der Waals surface area (Å²) in [6.07, 6.45) is 4.69. The quantitative estimate of drug-likeness (QED) is 0.389. The average Bonchev–Trinajstić information content (AvgIpc) is 3.69. The first kappa shape index (κ1) is 22.3. The molecule has 1 aromatic heterocycles. The van der Waals surface area contributed by atoms with Crippen LogP contribution in [-0.2, 0) is 11.3 Å². The van der Waals surface area contributed by atoms with E-state index in [1.807, 2.05) is 29.2 Å². The number of amidine groups is 1. The van der Waals surface area contributed by atoms with Crippen LogP contribution in [0.2, 0.25) is 0 Å². The van der Waals surface area contributed by atoms with Gasteiger partial charge in [0.05, 0.1) is 6.54 Å². The number of amides is 1. The minimum Gasteiger partial charge on any atom is -0.294 e. The molecule has 4 aromatic rings. The van der Waals surface area contributed by atoms with Crippen LogP contribution >= 0.6 is 0 Å². The summed E-state index contributed by atoms with van der Waals surface area (Å²) in [4.78, 5) is 20.1. The van der Waals surface area contributed by atoms with Crippen molar-refractivity contribution in [3.63, 3.8) is 0 Å². The van der Waals surface area contributed by atoms with Gasteiger partial charge >= 0.3 is 0 Å². The van der Waals surface area contributed by atoms with Crippen LogP contribution in [0.1, 0.15) is 44.6 Å². The predicted molar refractivity (Wildman–Crippen MR) is 140 cm³/mol. The van der Waals surface area contributed by atoms with Gasteiger partial charge in [0.2, 0.25) is 5.82 Å². The van der Waals surface area contributed by atoms with E-state index in [1.54, 1.807) is 0 Å². The number of nitrogens with zero attached hydrogens (tertiary/aromatic N) is 5. The highest BCUT2D eigenvalue weighted by molar-refractivity contribution is 6.08. The minimum absolute atomic E-state index is 0.177. The standard InChI is InChI=1S/C29H28N6O/c1-2-26-30-29(16-6-7-17-29)28(36)35(26)19-20-10-12-22(13-11-20)25-18-23(21-8-4-3-5-9-21)14-15-24(25)27-31-33-34-32-27/h3-5,8-15,18H,2,6-7,16-17,19H2,1H3,(H,31,32,33,34). The maximum atomic E-state index is 13.3. The van der Waals surface area contributed by atoms with Crippen LogP contribution in [-0.4, -0.2) is 42.8 Å². The molecule has 0 atom stereocenters. The first-order chi connectivity index (χ1) is 17.7. The van der Waals surface area contributed by atoms with Crippen molar-refractivity contribution in [2.24, 2.45) is 4.99 Å². The van der Waals surface area contributed by atoms with E-state index in [4.69, 9.17) is 4.99 Å². The van der Waals surface area contributed by atoms with Crippen molar-refractivity contribution in [3.8, 4) is 33.6 Å². The molecule has 1 spiro atoms. The van der Waals surface area contributed by atoms with Crippen molar-refractivity contribution < 1.29 is 4.79 Å². The molecule has 0 saturated heterocycles. The zero-order valence-corrected chi connectivity index (χ0v) is 20.3. The number of H-pyrrole nitrogens is 1. The van der Waals surface area contributed by atoms with Crippen LogP contribution in [0.25, 0.3) is 33.6 Å². The number of aliphatic imine (C=N–C) groups is 1. The van der Waals surface area contributed by atoms with Gasteiger partial charge in [-0.1, -0.05) is 80.4 Å². The Morgan fingerprint density at radius 3 is 2.33 bits per heavy atom. The lowest BCUT2D eigenvalue weighted by atomic mass is 9.93. The number of rotatable bonds is 6. The van der Waals surface area contributed by atoms with Gasteiger partial charge in [0.1, 0.15) is 11.4 Å². The third-order valence-electron chi connectivity index (χ3n) is 7.36. The van der Waals surface area contributed by atoms with Crippen LogP contribution in [0, 0.1) is 0 Å². The fraction of sp³-hybridized carbons (Fsp3) is 0.276. The van der Waals surface area contributed by atoms with Crippen molar-refractivity contribution in [1.82, 2.24) is 25.5 Å². The number of hydrogen-bond donors (Lipinski definition) is 1. The van der Waals surface area contributed by atoms with Gasteiger partial charge in [-0.2, -0.15) is 5.21 Å². The van der Waals surface area contributed by atoms with Gasteiger partial charge in [0, 0.05) is 12.0 Å². The van der Waals surface area contributed by atoms with Crippen LogP contribution in [0.3, 0.4) is 0 Å². The molecular formula is C29H28N6O. The Bertz CT molecular complexity index is 1400. The van der Waals surface area contributed by atoms with Crippen LogP contribution in [0.5, 0.6) is 0 Å². The summed E-state index contributed by atoms with van der Waals surface area (Å²) in [6.45, 7) is 2.63. The molecule has 3 aromatic carbocycles. The Labute approximate surface area is 210 Å². The number of carbonyl (C=O) groups is 1. The monoisotopic (exact) mass is 476 g/mol. The zero-order chi connectivity index (χ0) is 24.5. The molecular weight excluding hydrogens is 448 g/mol. The fourth-order valence-corrected chi connectivity index (χ4v) is 5.48. The number of tetrazole rings is 1. The lowest BCUT2D eigenvalue weighted by Gasteiger charge is -2.22. The van der Waals surface area contributed by atoms with Crippen molar-refractivity contribution in [1.29, 1.82) is 0 Å². The maximum absolute atomic E-state index is 13.3. The summed E-state index contributed by atoms with van der Waals surface area (Å²) in [5, 5.41) is 14.7. The predicted octanol–water partition coefficient (Wildman–Crippen LogP) is 5.66. The molecule has 1 aliphatic heterocycles. The molecule has 6 rings (SSSR count). The Hall–Kier alpha value is -4.13. The van der Waals surface area contributed by atoms with Gasteiger partial charge in [-0.25, -0.2) is 0 Å². The smallest absolute Gasteiger partial charge is 0.256 e. The first-order valence-corrected chi connectivity index (χ1v) is 12.6. The Morgan fingerprint density at radius 1 is 0.889 bits per heavy atom. The molecule has 36 heavy (non-hydrogen) atoms. The number of carbonyl (C=O) groups excluding carboxylic acids is 1. The molecule has 7 nitrogen and oxygen atoms in total. The van der Waals surface area contributed by atoms with E-state index >= 15 is 0 Å². The fourth-order valence-electron chi connectivity index (χ4n) is 5.48. The molecule has 0 radical (unpaired) electrons. The van der Waals surface area contributed by atoms with Gasteiger partial charge in [0.25, 0.3) is 5.91 Å². The van der Waals surface area contributed by atoms with Gasteiger partial charge in [0.15, 0.2) is 0 Å². The second-order valence-corrected chi connectivity index (χ2v) is 9.57. The normalized spacial score (nSPS) is 16.6. The Kier molecular flexibility index (Phi) is 5.68. The van der Waals surface area contributed by atoms with E-state index in [0.717, 1.165) is 71.3 Å². The van der Waals surface area contributed by atoms with Crippen molar-refractivity contribution in [2.45, 2.75) is 51.1 Å². The molecule has 1 fully saturated rings. The second kappa shape index (κ2) is 9.15. The van der Waals surface area contributed by atoms with Gasteiger partial charge in [-0.05, 0) is 58.0 Å². The molecule has 180 valence electrons. The van der Waals surface area contributed by atoms with E-state index in [1.165, 1.54) is 0 Å². The molecule has 2 heterocycles. The highest BCUT2D eigenvalue weighted by atomic mass is 16.2. The topological polar surface area (TPSA) is 87.1 Å². The van der Waals surface area contributed by atoms with E-state index < -0.39 is 5.54 Å².